The van der Waals surface area contributed by atoms with Gasteiger partial charge in [-0.25, -0.2) is 9.97 Å². The van der Waals surface area contributed by atoms with Crippen molar-refractivity contribution in [2.24, 2.45) is 0 Å². The number of para-hydroxylation sites is 2. The number of carbonyl (C=O) groups is 1. The lowest BCUT2D eigenvalue weighted by Gasteiger charge is -2.08. The number of anilines is 2. The summed E-state index contributed by atoms with van der Waals surface area (Å²) in [7, 11) is 0. The van der Waals surface area contributed by atoms with Crippen molar-refractivity contribution < 1.29 is 4.79 Å². The molecule has 0 aliphatic rings. The fourth-order valence-electron chi connectivity index (χ4n) is 2.95. The van der Waals surface area contributed by atoms with E-state index in [9.17, 15) is 4.79 Å². The van der Waals surface area contributed by atoms with Crippen LogP contribution in [0, 0.1) is 0 Å². The fourth-order valence-corrected chi connectivity index (χ4v) is 3.13. The highest BCUT2D eigenvalue weighted by molar-refractivity contribution is 6.33. The Hall–Kier alpha value is -3.38. The van der Waals surface area contributed by atoms with Crippen molar-refractivity contribution in [3.05, 3.63) is 83.4 Å². The van der Waals surface area contributed by atoms with Crippen LogP contribution < -0.4 is 10.6 Å². The first kappa shape index (κ1) is 18.0. The van der Waals surface area contributed by atoms with E-state index >= 15 is 0 Å². The lowest BCUT2D eigenvalue weighted by molar-refractivity contribution is 0.0949. The summed E-state index contributed by atoms with van der Waals surface area (Å²) in [6.07, 6.45) is 5.67. The Morgan fingerprint density at radius 1 is 1.04 bits per heavy atom. The smallest absolute Gasteiger partial charge is 0.271 e. The molecule has 0 bridgehead atoms. The third-order valence-electron chi connectivity index (χ3n) is 4.38. The molecule has 7 heteroatoms. The Labute approximate surface area is 167 Å². The average Bonchev–Trinajstić information content (AvgIpc) is 3.13. The van der Waals surface area contributed by atoms with Gasteiger partial charge in [0, 0.05) is 23.6 Å². The summed E-state index contributed by atoms with van der Waals surface area (Å²) >= 11 is 6.11. The lowest BCUT2D eigenvalue weighted by Crippen LogP contribution is -2.26. The first-order valence-corrected chi connectivity index (χ1v) is 9.25. The van der Waals surface area contributed by atoms with Crippen LogP contribution in [0.2, 0.25) is 5.02 Å². The number of aromatic nitrogens is 3. The van der Waals surface area contributed by atoms with Crippen LogP contribution in [0.1, 0.15) is 16.1 Å². The summed E-state index contributed by atoms with van der Waals surface area (Å²) in [4.78, 5) is 24.0. The number of carbonyl (C=O) groups excluding carboxylic acids is 1. The topological polar surface area (TPSA) is 82.7 Å². The summed E-state index contributed by atoms with van der Waals surface area (Å²) in [6, 6.07) is 15.5. The molecule has 1 amide bonds. The van der Waals surface area contributed by atoms with E-state index in [2.05, 4.69) is 31.7 Å². The van der Waals surface area contributed by atoms with E-state index in [0.717, 1.165) is 17.6 Å². The van der Waals surface area contributed by atoms with Crippen molar-refractivity contribution in [2.45, 2.75) is 6.42 Å². The van der Waals surface area contributed by atoms with Gasteiger partial charge in [-0.1, -0.05) is 41.9 Å². The van der Waals surface area contributed by atoms with Crippen LogP contribution in [0.15, 0.2) is 67.1 Å². The predicted octanol–water partition coefficient (Wildman–Crippen LogP) is 4.33. The second-order valence-corrected chi connectivity index (χ2v) is 6.66. The summed E-state index contributed by atoms with van der Waals surface area (Å²) < 4.78 is 0. The third kappa shape index (κ3) is 3.97. The van der Waals surface area contributed by atoms with Crippen molar-refractivity contribution in [3.63, 3.8) is 0 Å². The molecule has 0 spiro atoms. The first-order chi connectivity index (χ1) is 13.7. The van der Waals surface area contributed by atoms with Crippen LogP contribution in [0.5, 0.6) is 0 Å². The van der Waals surface area contributed by atoms with Gasteiger partial charge in [0.15, 0.2) is 0 Å². The van der Waals surface area contributed by atoms with E-state index < -0.39 is 0 Å². The highest BCUT2D eigenvalue weighted by atomic mass is 35.5. The van der Waals surface area contributed by atoms with E-state index in [4.69, 9.17) is 11.6 Å². The monoisotopic (exact) mass is 391 g/mol. The SMILES string of the molecule is O=C(NCCc1c[nH]c2ccccc12)c1cnc(Nc2ccccc2Cl)cn1. The number of rotatable bonds is 6. The van der Waals surface area contributed by atoms with Crippen molar-refractivity contribution in [2.75, 3.05) is 11.9 Å². The number of hydrogen-bond donors (Lipinski definition) is 3. The number of hydrogen-bond acceptors (Lipinski definition) is 4. The van der Waals surface area contributed by atoms with Crippen molar-refractivity contribution in [3.8, 4) is 0 Å². The minimum absolute atomic E-state index is 0.253. The quantitative estimate of drug-likeness (QED) is 0.457. The molecule has 0 aliphatic carbocycles. The molecule has 0 radical (unpaired) electrons. The highest BCUT2D eigenvalue weighted by Crippen LogP contribution is 2.23. The Kier molecular flexibility index (Phi) is 5.21. The summed E-state index contributed by atoms with van der Waals surface area (Å²) in [6.45, 7) is 0.516. The van der Waals surface area contributed by atoms with Crippen LogP contribution in [0.3, 0.4) is 0 Å². The molecule has 2 aromatic carbocycles. The molecule has 4 rings (SSSR count). The molecule has 28 heavy (non-hydrogen) atoms. The zero-order chi connectivity index (χ0) is 19.3. The van der Waals surface area contributed by atoms with E-state index in [0.29, 0.717) is 17.4 Å². The maximum absolute atomic E-state index is 12.3. The Morgan fingerprint density at radius 2 is 1.86 bits per heavy atom. The van der Waals surface area contributed by atoms with E-state index in [1.54, 1.807) is 6.07 Å². The predicted molar refractivity (Wildman–Crippen MR) is 111 cm³/mol. The van der Waals surface area contributed by atoms with Gasteiger partial charge < -0.3 is 15.6 Å². The molecule has 0 saturated carbocycles. The number of aromatic amines is 1. The van der Waals surface area contributed by atoms with Gasteiger partial charge in [0.25, 0.3) is 5.91 Å². The normalized spacial score (nSPS) is 10.8. The highest BCUT2D eigenvalue weighted by Gasteiger charge is 2.09. The van der Waals surface area contributed by atoms with Crippen molar-refractivity contribution in [1.29, 1.82) is 0 Å². The zero-order valence-electron chi connectivity index (χ0n) is 14.9. The van der Waals surface area contributed by atoms with Crippen LogP contribution in [-0.4, -0.2) is 27.4 Å². The average molecular weight is 392 g/mol. The molecule has 140 valence electrons. The molecule has 0 fully saturated rings. The third-order valence-corrected chi connectivity index (χ3v) is 4.71. The van der Waals surface area contributed by atoms with Gasteiger partial charge in [0.1, 0.15) is 11.5 Å². The number of H-pyrrole nitrogens is 1. The fraction of sp³-hybridized carbons (Fsp3) is 0.0952. The van der Waals surface area contributed by atoms with Crippen LogP contribution in [0.25, 0.3) is 10.9 Å². The maximum atomic E-state index is 12.3. The van der Waals surface area contributed by atoms with Crippen molar-refractivity contribution >= 4 is 39.9 Å². The van der Waals surface area contributed by atoms with Crippen molar-refractivity contribution in [1.82, 2.24) is 20.3 Å². The summed E-state index contributed by atoms with van der Waals surface area (Å²) in [5.74, 6) is 0.264. The molecule has 2 heterocycles. The standard InChI is InChI=1S/C21H18ClN5O/c22-16-6-2-4-8-18(16)27-20-13-25-19(12-26-20)21(28)23-10-9-14-11-24-17-7-3-1-5-15(14)17/h1-8,11-13,24H,9-10H2,(H,23,28)(H,26,27). The molecule has 4 aromatic rings. The number of fused-ring (bicyclic) bond motifs is 1. The van der Waals surface area contributed by atoms with Gasteiger partial charge >= 0.3 is 0 Å². The second-order valence-electron chi connectivity index (χ2n) is 6.26. The van der Waals surface area contributed by atoms with Gasteiger partial charge in [-0.05, 0) is 30.2 Å². The van der Waals surface area contributed by atoms with E-state index in [1.165, 1.54) is 23.3 Å². The first-order valence-electron chi connectivity index (χ1n) is 8.87. The van der Waals surface area contributed by atoms with Gasteiger partial charge in [-0.3, -0.25) is 4.79 Å². The van der Waals surface area contributed by atoms with E-state index in [1.807, 2.05) is 42.6 Å². The van der Waals surface area contributed by atoms with Gasteiger partial charge in [0.2, 0.25) is 0 Å². The number of benzene rings is 2. The zero-order valence-corrected chi connectivity index (χ0v) is 15.7. The Morgan fingerprint density at radius 3 is 2.68 bits per heavy atom. The van der Waals surface area contributed by atoms with Crippen LogP contribution in [0.4, 0.5) is 11.5 Å². The molecule has 6 nitrogen and oxygen atoms in total. The van der Waals surface area contributed by atoms with E-state index in [-0.39, 0.29) is 11.6 Å². The van der Waals surface area contributed by atoms with Gasteiger partial charge in [-0.15, -0.1) is 0 Å². The minimum Gasteiger partial charge on any atom is -0.361 e. The molecule has 2 aromatic heterocycles. The minimum atomic E-state index is -0.253. The second kappa shape index (κ2) is 8.10. The number of nitrogens with zero attached hydrogens (tertiary/aromatic N) is 2. The molecule has 0 atom stereocenters. The molecular formula is C21H18ClN5O. The lowest BCUT2D eigenvalue weighted by atomic mass is 10.1. The maximum Gasteiger partial charge on any atom is 0.271 e. The Balaban J connectivity index is 1.34. The van der Waals surface area contributed by atoms with Gasteiger partial charge in [0.05, 0.1) is 23.1 Å². The van der Waals surface area contributed by atoms with Crippen LogP contribution in [-0.2, 0) is 6.42 Å². The molecule has 3 N–H and O–H groups in total. The summed E-state index contributed by atoms with van der Waals surface area (Å²) in [5.41, 5.74) is 3.26. The largest absolute Gasteiger partial charge is 0.361 e. The number of halogens is 1. The Bertz CT molecular complexity index is 1110. The van der Waals surface area contributed by atoms with Gasteiger partial charge in [-0.2, -0.15) is 0 Å². The number of nitrogens with one attached hydrogen (secondary N) is 3. The summed E-state index contributed by atoms with van der Waals surface area (Å²) in [5, 5.41) is 7.72. The molecule has 0 unspecified atom stereocenters. The molecule has 0 aliphatic heterocycles. The number of amides is 1. The molecular weight excluding hydrogens is 374 g/mol. The van der Waals surface area contributed by atoms with Crippen LogP contribution >= 0.6 is 11.6 Å². The molecule has 0 saturated heterocycles.